The first-order chi connectivity index (χ1) is 8.61. The van der Waals surface area contributed by atoms with Crippen molar-refractivity contribution in [2.24, 2.45) is 0 Å². The molecule has 7 heteroatoms. The zero-order valence-electron chi connectivity index (χ0n) is 10.3. The zero-order valence-corrected chi connectivity index (χ0v) is 11.1. The molecular formula is C12H13ClF3NO2. The number of aromatic hydroxyl groups is 1. The van der Waals surface area contributed by atoms with Crippen molar-refractivity contribution in [2.75, 3.05) is 6.54 Å². The molecule has 106 valence electrons. The molecule has 0 aliphatic rings. The van der Waals surface area contributed by atoms with Crippen LogP contribution in [0.25, 0.3) is 0 Å². The molecule has 1 amide bonds. The molecular weight excluding hydrogens is 283 g/mol. The fourth-order valence-electron chi connectivity index (χ4n) is 1.52. The van der Waals surface area contributed by atoms with Gasteiger partial charge in [0, 0.05) is 11.1 Å². The van der Waals surface area contributed by atoms with Gasteiger partial charge in [-0.3, -0.25) is 4.79 Å². The first-order valence-corrected chi connectivity index (χ1v) is 5.86. The third kappa shape index (κ3) is 4.31. The van der Waals surface area contributed by atoms with Gasteiger partial charge in [-0.05, 0) is 32.0 Å². The Morgan fingerprint density at radius 2 is 2.00 bits per heavy atom. The number of carbonyl (C=O) groups is 1. The van der Waals surface area contributed by atoms with Crippen LogP contribution >= 0.6 is 11.6 Å². The summed E-state index contributed by atoms with van der Waals surface area (Å²) >= 11 is 5.61. The summed E-state index contributed by atoms with van der Waals surface area (Å²) in [7, 11) is 0. The predicted octanol–water partition coefficient (Wildman–Crippen LogP) is 3.46. The Morgan fingerprint density at radius 3 is 2.42 bits per heavy atom. The number of phenolic OH excluding ortho intramolecular Hbond substituents is 1. The molecule has 1 rings (SSSR count). The summed E-state index contributed by atoms with van der Waals surface area (Å²) in [6.45, 7) is 1.57. The van der Waals surface area contributed by atoms with Crippen molar-refractivity contribution in [1.29, 1.82) is 0 Å². The third-order valence-corrected chi connectivity index (χ3v) is 2.66. The van der Waals surface area contributed by atoms with Gasteiger partial charge in [0.1, 0.15) is 12.3 Å². The lowest BCUT2D eigenvalue weighted by molar-refractivity contribution is -0.143. The van der Waals surface area contributed by atoms with E-state index in [1.54, 1.807) is 0 Å². The minimum atomic E-state index is -4.50. The van der Waals surface area contributed by atoms with Crippen molar-refractivity contribution < 1.29 is 23.1 Å². The molecule has 0 heterocycles. The predicted molar refractivity (Wildman–Crippen MR) is 65.3 cm³/mol. The first kappa shape index (κ1) is 15.6. The Labute approximate surface area is 113 Å². The zero-order chi connectivity index (χ0) is 14.8. The maximum absolute atomic E-state index is 12.4. The molecule has 1 aromatic rings. The fraction of sp³-hybridized carbons (Fsp3) is 0.417. The van der Waals surface area contributed by atoms with Gasteiger partial charge in [-0.2, -0.15) is 13.2 Å². The van der Waals surface area contributed by atoms with E-state index in [0.29, 0.717) is 4.90 Å². The molecule has 0 saturated heterocycles. The fourth-order valence-corrected chi connectivity index (χ4v) is 1.69. The van der Waals surface area contributed by atoms with Crippen molar-refractivity contribution in [3.8, 4) is 5.75 Å². The Kier molecular flexibility index (Phi) is 4.68. The van der Waals surface area contributed by atoms with E-state index >= 15 is 0 Å². The van der Waals surface area contributed by atoms with Crippen molar-refractivity contribution in [1.82, 2.24) is 4.90 Å². The largest absolute Gasteiger partial charge is 0.507 e. The van der Waals surface area contributed by atoms with Crippen LogP contribution in [0.3, 0.4) is 0 Å². The average Bonchev–Trinajstić information content (AvgIpc) is 2.23. The van der Waals surface area contributed by atoms with E-state index in [1.165, 1.54) is 26.0 Å². The molecule has 0 atom stereocenters. The van der Waals surface area contributed by atoms with Gasteiger partial charge in [0.05, 0.1) is 5.56 Å². The standard InChI is InChI=1S/C12H13ClF3NO2/c1-7(2)17(6-12(14,15)16)11(19)9-4-3-8(13)5-10(9)18/h3-5,7,18H,6H2,1-2H3. The molecule has 1 N–H and O–H groups in total. The van der Waals surface area contributed by atoms with Gasteiger partial charge in [-0.1, -0.05) is 11.6 Å². The van der Waals surface area contributed by atoms with Crippen molar-refractivity contribution in [3.05, 3.63) is 28.8 Å². The van der Waals surface area contributed by atoms with Gasteiger partial charge in [0.25, 0.3) is 5.91 Å². The highest BCUT2D eigenvalue weighted by Gasteiger charge is 2.35. The number of hydrogen-bond donors (Lipinski definition) is 1. The van der Waals surface area contributed by atoms with Gasteiger partial charge in [-0.15, -0.1) is 0 Å². The Bertz CT molecular complexity index is 475. The van der Waals surface area contributed by atoms with E-state index in [9.17, 15) is 23.1 Å². The molecule has 0 saturated carbocycles. The summed E-state index contributed by atoms with van der Waals surface area (Å²) in [6.07, 6.45) is -4.50. The quantitative estimate of drug-likeness (QED) is 0.928. The highest BCUT2D eigenvalue weighted by atomic mass is 35.5. The molecule has 0 spiro atoms. The van der Waals surface area contributed by atoms with Crippen LogP contribution in [0.4, 0.5) is 13.2 Å². The van der Waals surface area contributed by atoms with Crippen LogP contribution in [0.2, 0.25) is 5.02 Å². The molecule has 0 fully saturated rings. The molecule has 0 radical (unpaired) electrons. The number of nitrogens with zero attached hydrogens (tertiary/aromatic N) is 1. The molecule has 0 aliphatic heterocycles. The normalized spacial score (nSPS) is 11.7. The Balaban J connectivity index is 3.06. The third-order valence-electron chi connectivity index (χ3n) is 2.42. The maximum atomic E-state index is 12.4. The van der Waals surface area contributed by atoms with Gasteiger partial charge in [-0.25, -0.2) is 0 Å². The van der Waals surface area contributed by atoms with Gasteiger partial charge >= 0.3 is 6.18 Å². The van der Waals surface area contributed by atoms with Crippen LogP contribution in [0, 0.1) is 0 Å². The molecule has 1 aromatic carbocycles. The average molecular weight is 296 g/mol. The van der Waals surface area contributed by atoms with Gasteiger partial charge in [0.15, 0.2) is 0 Å². The SMILES string of the molecule is CC(C)N(CC(F)(F)F)C(=O)c1ccc(Cl)cc1O. The number of amides is 1. The van der Waals surface area contributed by atoms with E-state index < -0.39 is 30.4 Å². The Morgan fingerprint density at radius 1 is 1.42 bits per heavy atom. The number of rotatable bonds is 3. The van der Waals surface area contributed by atoms with E-state index in [0.717, 1.165) is 6.07 Å². The van der Waals surface area contributed by atoms with Crippen LogP contribution in [-0.4, -0.2) is 34.7 Å². The minimum absolute atomic E-state index is 0.195. The number of benzene rings is 1. The summed E-state index contributed by atoms with van der Waals surface area (Å²) in [5, 5.41) is 9.77. The summed E-state index contributed by atoms with van der Waals surface area (Å²) < 4.78 is 37.3. The number of halogens is 4. The molecule has 0 bridgehead atoms. The molecule has 3 nitrogen and oxygen atoms in total. The van der Waals surface area contributed by atoms with Gasteiger partial charge in [0.2, 0.25) is 0 Å². The van der Waals surface area contributed by atoms with E-state index in [4.69, 9.17) is 11.6 Å². The summed E-state index contributed by atoms with van der Waals surface area (Å²) in [5.74, 6) is -1.33. The second-order valence-electron chi connectivity index (χ2n) is 4.30. The smallest absolute Gasteiger partial charge is 0.406 e. The van der Waals surface area contributed by atoms with Crippen LogP contribution in [-0.2, 0) is 0 Å². The van der Waals surface area contributed by atoms with Crippen LogP contribution < -0.4 is 0 Å². The number of alkyl halides is 3. The van der Waals surface area contributed by atoms with Crippen LogP contribution in [0.15, 0.2) is 18.2 Å². The van der Waals surface area contributed by atoms with Crippen molar-refractivity contribution in [3.63, 3.8) is 0 Å². The first-order valence-electron chi connectivity index (χ1n) is 5.48. The molecule has 0 aromatic heterocycles. The highest BCUT2D eigenvalue weighted by molar-refractivity contribution is 6.30. The second-order valence-corrected chi connectivity index (χ2v) is 4.74. The molecule has 0 unspecified atom stereocenters. The number of phenols is 1. The van der Waals surface area contributed by atoms with E-state index in [2.05, 4.69) is 0 Å². The lowest BCUT2D eigenvalue weighted by Crippen LogP contribution is -2.43. The van der Waals surface area contributed by atoms with E-state index in [1.807, 2.05) is 0 Å². The van der Waals surface area contributed by atoms with Gasteiger partial charge < -0.3 is 10.0 Å². The van der Waals surface area contributed by atoms with Crippen LogP contribution in [0.5, 0.6) is 5.75 Å². The number of carbonyl (C=O) groups excluding carboxylic acids is 1. The monoisotopic (exact) mass is 295 g/mol. The number of hydrogen-bond acceptors (Lipinski definition) is 2. The van der Waals surface area contributed by atoms with Crippen molar-refractivity contribution in [2.45, 2.75) is 26.1 Å². The van der Waals surface area contributed by atoms with Crippen molar-refractivity contribution >= 4 is 17.5 Å². The van der Waals surface area contributed by atoms with Crippen LogP contribution in [0.1, 0.15) is 24.2 Å². The molecule has 19 heavy (non-hydrogen) atoms. The Hall–Kier alpha value is -1.43. The maximum Gasteiger partial charge on any atom is 0.406 e. The summed E-state index contributed by atoms with van der Waals surface area (Å²) in [5.41, 5.74) is -0.206. The summed E-state index contributed by atoms with van der Waals surface area (Å²) in [4.78, 5) is 12.7. The molecule has 0 aliphatic carbocycles. The van der Waals surface area contributed by atoms with E-state index in [-0.39, 0.29) is 10.6 Å². The lowest BCUT2D eigenvalue weighted by atomic mass is 10.1. The summed E-state index contributed by atoms with van der Waals surface area (Å²) in [6, 6.07) is 3.00. The minimum Gasteiger partial charge on any atom is -0.507 e. The topological polar surface area (TPSA) is 40.5 Å². The highest BCUT2D eigenvalue weighted by Crippen LogP contribution is 2.26. The second kappa shape index (κ2) is 5.69. The lowest BCUT2D eigenvalue weighted by Gasteiger charge is -2.28.